The Morgan fingerprint density at radius 2 is 0.898 bits per heavy atom. The van der Waals surface area contributed by atoms with Crippen molar-refractivity contribution < 1.29 is 62.6 Å². The van der Waals surface area contributed by atoms with Crippen molar-refractivity contribution in [3.63, 3.8) is 0 Å². The van der Waals surface area contributed by atoms with Crippen molar-refractivity contribution in [2.45, 2.75) is 235 Å². The number of aliphatic hydroxyl groups excluding tert-OH is 1. The van der Waals surface area contributed by atoms with E-state index in [4.69, 9.17) is 5.73 Å². The van der Waals surface area contributed by atoms with E-state index in [0.29, 0.717) is 19.3 Å². The molecule has 25 nitrogen and oxygen atoms in total. The third kappa shape index (κ3) is 22.9. The second kappa shape index (κ2) is 36.3. The highest BCUT2D eigenvalue weighted by Crippen LogP contribution is 2.26. The van der Waals surface area contributed by atoms with Crippen molar-refractivity contribution in [3.8, 4) is 0 Å². The number of unbranched alkanes of at least 4 members (excludes halogenated alkanes) is 1. The van der Waals surface area contributed by atoms with Crippen LogP contribution < -0.4 is 27.0 Å². The molecular weight excluding hydrogens is 1130 g/mol. The van der Waals surface area contributed by atoms with Gasteiger partial charge in [-0.25, -0.2) is 0 Å². The molecule has 1 saturated heterocycles. The molecular formula is C63H114N12O13. The molecule has 1 aliphatic rings. The monoisotopic (exact) mass is 1250 g/mol. The van der Waals surface area contributed by atoms with Gasteiger partial charge in [-0.15, -0.1) is 0 Å². The maximum absolute atomic E-state index is 15.2. The molecule has 7 N–H and O–H groups in total. The first-order valence-corrected chi connectivity index (χ1v) is 31.6. The van der Waals surface area contributed by atoms with E-state index < -0.39 is 162 Å². The molecule has 12 amide bonds. The number of nitrogens with one attached hydrogen (secondary N) is 4. The van der Waals surface area contributed by atoms with Crippen molar-refractivity contribution in [3.05, 3.63) is 0 Å². The van der Waals surface area contributed by atoms with Crippen molar-refractivity contribution in [1.29, 1.82) is 0 Å². The molecule has 0 aliphatic carbocycles. The van der Waals surface area contributed by atoms with Crippen LogP contribution in [0.4, 0.5) is 0 Å². The number of carbonyl (C=O) groups excluding carboxylic acids is 12. The number of nitrogens with zero attached hydrogens (tertiary/aromatic N) is 7. The van der Waals surface area contributed by atoms with Gasteiger partial charge in [0.25, 0.3) is 0 Å². The summed E-state index contributed by atoms with van der Waals surface area (Å²) in [5.41, 5.74) is 5.39. The number of nitrogens with two attached hydrogens (primary N) is 1. The molecule has 504 valence electrons. The standard InChI is InChI=1S/C63H114N12O13/c1-24-43-59(84)69(17)33-49(77)70(18)44(29-34(2)3)56(81)68-50(38(10)11)62(87)71(19)45(30-35(4)5)55(80)65-41(15)54(79)66-42(16)58(83)72(20)46(31-36(6)7)60(85)73(21)47(32-37(8)9)61(86)74(22)51(39(12)13)63(88)75(23)52(57(82)67-43)53(78)40(14)27-25-26-28-48(64)76/h34-47,50-53,78H,24-33H2,1-23H3,(H2,64,76)(H,65,80)(H,66,79)(H,67,82)(H,68,81)/t40?,41-,42+,43-,44-,45-,46-,47-,50-,51-,52?,53?/m0/s1. The maximum Gasteiger partial charge on any atom is 0.246 e. The molecule has 0 radical (unpaired) electrons. The molecule has 3 unspecified atom stereocenters. The molecule has 1 aliphatic heterocycles. The number of rotatable bonds is 18. The van der Waals surface area contributed by atoms with Crippen LogP contribution in [0.3, 0.4) is 0 Å². The van der Waals surface area contributed by atoms with Crippen molar-refractivity contribution in [2.75, 3.05) is 55.9 Å². The molecule has 0 bridgehead atoms. The Balaban J connectivity index is 4.34. The van der Waals surface area contributed by atoms with Gasteiger partial charge in [0.15, 0.2) is 0 Å². The van der Waals surface area contributed by atoms with Crippen LogP contribution >= 0.6 is 0 Å². The molecule has 12 atom stereocenters. The zero-order valence-corrected chi connectivity index (χ0v) is 57.5. The van der Waals surface area contributed by atoms with Crippen LogP contribution in [0.1, 0.15) is 169 Å². The van der Waals surface area contributed by atoms with Gasteiger partial charge >= 0.3 is 0 Å². The van der Waals surface area contributed by atoms with Crippen LogP contribution in [0, 0.1) is 41.4 Å². The summed E-state index contributed by atoms with van der Waals surface area (Å²) < 4.78 is 0. The first kappa shape index (κ1) is 79.6. The first-order chi connectivity index (χ1) is 40.6. The summed E-state index contributed by atoms with van der Waals surface area (Å²) in [5.74, 6) is -10.6. The van der Waals surface area contributed by atoms with Gasteiger partial charge in [-0.2, -0.15) is 0 Å². The summed E-state index contributed by atoms with van der Waals surface area (Å²) in [6.45, 7) is 27.3. The predicted molar refractivity (Wildman–Crippen MR) is 337 cm³/mol. The molecule has 1 rings (SSSR count). The second-order valence-electron chi connectivity index (χ2n) is 27.0. The number of hydrogen-bond acceptors (Lipinski definition) is 13. The largest absolute Gasteiger partial charge is 0.390 e. The SMILES string of the molecule is CC[C@@H]1NC(=O)C(C(O)C(C)CCCCC(N)=O)N(C)C(=O)[C@H](C(C)C)N(C)C(=O)[C@H](CC(C)C)N(C)C(=O)[C@H](CC(C)C)N(C)C(=O)[C@@H](C)NC(=O)[C@H](C)NC(=O)[C@H](CC(C)C)N(C)C(=O)[C@H](C(C)C)NC(=O)[C@H](CC(C)C)N(C)C(=O)CN(C)C1=O. The number of carbonyl (C=O) groups is 12. The predicted octanol–water partition coefficient (Wildman–Crippen LogP) is 2.35. The Hall–Kier alpha value is -6.40. The van der Waals surface area contributed by atoms with Gasteiger partial charge in [0.1, 0.15) is 60.4 Å². The van der Waals surface area contributed by atoms with E-state index in [9.17, 15) is 53.1 Å². The van der Waals surface area contributed by atoms with Crippen molar-refractivity contribution >= 4 is 70.9 Å². The quantitative estimate of drug-likeness (QED) is 0.108. The Morgan fingerprint density at radius 1 is 0.477 bits per heavy atom. The highest BCUT2D eigenvalue weighted by Gasteiger charge is 2.46. The van der Waals surface area contributed by atoms with Gasteiger partial charge < -0.3 is 66.4 Å². The van der Waals surface area contributed by atoms with E-state index in [-0.39, 0.29) is 62.2 Å². The maximum atomic E-state index is 15.2. The second-order valence-corrected chi connectivity index (χ2v) is 27.0. The molecule has 0 aromatic rings. The average Bonchev–Trinajstić information content (AvgIpc) is 1.39. The molecule has 1 fully saturated rings. The molecule has 25 heteroatoms. The minimum absolute atomic E-state index is 0.0103. The summed E-state index contributed by atoms with van der Waals surface area (Å²) in [6.07, 6.45) is 0.164. The molecule has 1 heterocycles. The minimum atomic E-state index is -1.67. The smallest absolute Gasteiger partial charge is 0.246 e. The van der Waals surface area contributed by atoms with Crippen LogP contribution in [0.15, 0.2) is 0 Å². The van der Waals surface area contributed by atoms with Gasteiger partial charge in [-0.1, -0.05) is 103 Å². The zero-order chi connectivity index (χ0) is 68.3. The Kier molecular flexibility index (Phi) is 32.8. The van der Waals surface area contributed by atoms with Crippen LogP contribution in [0.2, 0.25) is 0 Å². The summed E-state index contributed by atoms with van der Waals surface area (Å²) in [7, 11) is 9.80. The number of amides is 12. The third-order valence-corrected chi connectivity index (χ3v) is 16.7. The van der Waals surface area contributed by atoms with E-state index in [1.165, 1.54) is 87.7 Å². The number of hydrogen-bond donors (Lipinski definition) is 6. The van der Waals surface area contributed by atoms with Crippen LogP contribution in [0.5, 0.6) is 0 Å². The highest BCUT2D eigenvalue weighted by molar-refractivity contribution is 5.99. The fourth-order valence-corrected chi connectivity index (χ4v) is 11.1. The summed E-state index contributed by atoms with van der Waals surface area (Å²) >= 11 is 0. The lowest BCUT2D eigenvalue weighted by molar-refractivity contribution is -0.157. The fourth-order valence-electron chi connectivity index (χ4n) is 11.1. The van der Waals surface area contributed by atoms with E-state index in [0.717, 1.165) is 9.80 Å². The van der Waals surface area contributed by atoms with Gasteiger partial charge in [0.05, 0.1) is 12.6 Å². The normalized spacial score (nSPS) is 26.2. The molecule has 0 aromatic heterocycles. The number of aliphatic hydroxyl groups is 1. The van der Waals surface area contributed by atoms with Crippen molar-refractivity contribution in [1.82, 2.24) is 55.6 Å². The lowest BCUT2D eigenvalue weighted by Gasteiger charge is -2.41. The molecule has 0 aromatic carbocycles. The number of primary amides is 1. The third-order valence-electron chi connectivity index (χ3n) is 16.7. The van der Waals surface area contributed by atoms with E-state index in [1.807, 2.05) is 55.4 Å². The molecule has 0 saturated carbocycles. The summed E-state index contributed by atoms with van der Waals surface area (Å²) in [5, 5.41) is 23.2. The Morgan fingerprint density at radius 3 is 1.35 bits per heavy atom. The summed E-state index contributed by atoms with van der Waals surface area (Å²) in [6, 6.07) is -12.6. The lowest BCUT2D eigenvalue weighted by Crippen LogP contribution is -2.63. The fraction of sp³-hybridized carbons (Fsp3) is 0.810. The average molecular weight is 1250 g/mol. The number of likely N-dealkylation sites (N-methyl/N-ethyl adjacent to an activating group) is 7. The van der Waals surface area contributed by atoms with Crippen LogP contribution in [0.25, 0.3) is 0 Å². The van der Waals surface area contributed by atoms with E-state index in [1.54, 1.807) is 41.5 Å². The van der Waals surface area contributed by atoms with Gasteiger partial charge in [-0.05, 0) is 100 Å². The van der Waals surface area contributed by atoms with E-state index in [2.05, 4.69) is 21.3 Å². The Bertz CT molecular complexity index is 2400. The van der Waals surface area contributed by atoms with Gasteiger partial charge in [-0.3, -0.25) is 57.5 Å². The molecule has 0 spiro atoms. The van der Waals surface area contributed by atoms with E-state index >= 15 is 9.59 Å². The molecule has 88 heavy (non-hydrogen) atoms. The summed E-state index contributed by atoms with van der Waals surface area (Å²) in [4.78, 5) is 180. The van der Waals surface area contributed by atoms with Crippen LogP contribution in [-0.2, 0) is 57.5 Å². The highest BCUT2D eigenvalue weighted by atomic mass is 16.3. The van der Waals surface area contributed by atoms with Gasteiger partial charge in [0, 0.05) is 55.8 Å². The van der Waals surface area contributed by atoms with Gasteiger partial charge in [0.2, 0.25) is 70.9 Å². The lowest BCUT2D eigenvalue weighted by atomic mass is 9.90. The minimum Gasteiger partial charge on any atom is -0.390 e. The first-order valence-electron chi connectivity index (χ1n) is 31.6. The zero-order valence-electron chi connectivity index (χ0n) is 57.5. The van der Waals surface area contributed by atoms with Crippen molar-refractivity contribution in [2.24, 2.45) is 47.2 Å². The van der Waals surface area contributed by atoms with Crippen LogP contribution in [-0.4, -0.2) is 233 Å². The topological polar surface area (TPSA) is 322 Å². The Labute approximate surface area is 525 Å².